The second-order valence-electron chi connectivity index (χ2n) is 3.17. The van der Waals surface area contributed by atoms with Gasteiger partial charge < -0.3 is 20.4 Å². The zero-order valence-electron chi connectivity index (χ0n) is 8.40. The number of hydrogen-bond acceptors (Lipinski definition) is 9. The fourth-order valence-electron chi connectivity index (χ4n) is 1.43. The number of tetrazole rings is 1. The summed E-state index contributed by atoms with van der Waals surface area (Å²) in [5.74, 6) is -0.393. The van der Waals surface area contributed by atoms with Gasteiger partial charge >= 0.3 is 5.82 Å². The Morgan fingerprint density at radius 2 is 2.22 bits per heavy atom. The molecule has 3 aromatic heterocycles. The van der Waals surface area contributed by atoms with Gasteiger partial charge in [0.05, 0.1) is 11.6 Å². The number of nitrogens with zero attached hydrogens (tertiary/aromatic N) is 10. The molecule has 13 nitrogen and oxygen atoms in total. The molecule has 92 valence electrons. The highest BCUT2D eigenvalue weighted by atomic mass is 16.6. The van der Waals surface area contributed by atoms with Gasteiger partial charge in [-0.1, -0.05) is 5.21 Å². The Hall–Kier alpha value is -3.12. The molecular formula is C5H2N10O3-2. The summed E-state index contributed by atoms with van der Waals surface area (Å²) >= 11 is 0. The first-order valence-electron chi connectivity index (χ1n) is 4.48. The average Bonchev–Trinajstić information content (AvgIpc) is 2.99. The highest BCUT2D eigenvalue weighted by molar-refractivity contribution is 5.79. The second kappa shape index (κ2) is 3.44. The van der Waals surface area contributed by atoms with Gasteiger partial charge in [0, 0.05) is 5.82 Å². The van der Waals surface area contributed by atoms with Crippen LogP contribution in [0.4, 0.5) is 5.82 Å². The maximum atomic E-state index is 11.4. The quantitative estimate of drug-likeness (QED) is 0.377. The standard InChI is InChI=1S/C5H2N10O3/c16-14-5-3(8-12-14)4(15(17)18)9-13(5)1-2-6-10-11-7-2/h1H2/q-2. The van der Waals surface area contributed by atoms with Gasteiger partial charge in [-0.3, -0.25) is 15.2 Å². The molecule has 0 aliphatic carbocycles. The van der Waals surface area contributed by atoms with E-state index in [9.17, 15) is 15.3 Å². The van der Waals surface area contributed by atoms with Gasteiger partial charge in [0.2, 0.25) is 11.2 Å². The summed E-state index contributed by atoms with van der Waals surface area (Å²) in [5.41, 5.74) is -0.339. The van der Waals surface area contributed by atoms with Crippen LogP contribution < -0.4 is 5.10 Å². The fourth-order valence-corrected chi connectivity index (χ4v) is 1.43. The van der Waals surface area contributed by atoms with E-state index in [0.717, 1.165) is 4.68 Å². The largest absolute Gasteiger partial charge is 0.788 e. The van der Waals surface area contributed by atoms with E-state index in [1.54, 1.807) is 0 Å². The number of fused-ring (bicyclic) bond motifs is 1. The molecule has 18 heavy (non-hydrogen) atoms. The molecule has 13 heteroatoms. The lowest BCUT2D eigenvalue weighted by atomic mass is 10.5. The molecule has 0 aliphatic heterocycles. The first-order chi connectivity index (χ1) is 8.66. The zero-order valence-corrected chi connectivity index (χ0v) is 8.40. The number of nitro groups is 1. The highest BCUT2D eigenvalue weighted by Gasteiger charge is 2.25. The van der Waals surface area contributed by atoms with Crippen LogP contribution in [0.5, 0.6) is 0 Å². The summed E-state index contributed by atoms with van der Waals surface area (Å²) in [5, 5.41) is 45.8. The van der Waals surface area contributed by atoms with Crippen LogP contribution in [-0.2, 0) is 6.54 Å². The van der Waals surface area contributed by atoms with E-state index >= 15 is 0 Å². The van der Waals surface area contributed by atoms with Crippen LogP contribution in [0.1, 0.15) is 5.82 Å². The molecule has 0 aliphatic rings. The molecule has 3 rings (SSSR count). The molecule has 0 fully saturated rings. The van der Waals surface area contributed by atoms with Crippen LogP contribution in [0.2, 0.25) is 0 Å². The molecule has 3 heterocycles. The molecule has 0 unspecified atom stereocenters. The van der Waals surface area contributed by atoms with E-state index in [4.69, 9.17) is 0 Å². The maximum Gasteiger partial charge on any atom is 0.420 e. The number of rotatable bonds is 3. The van der Waals surface area contributed by atoms with Gasteiger partial charge in [-0.25, -0.2) is 0 Å². The van der Waals surface area contributed by atoms with Crippen molar-refractivity contribution in [1.29, 1.82) is 0 Å². The van der Waals surface area contributed by atoms with Crippen molar-refractivity contribution in [2.24, 2.45) is 0 Å². The monoisotopic (exact) mass is 250 g/mol. The minimum Gasteiger partial charge on any atom is -0.788 e. The smallest absolute Gasteiger partial charge is 0.420 e. The number of aromatic nitrogens is 9. The van der Waals surface area contributed by atoms with Crippen molar-refractivity contribution >= 4 is 17.0 Å². The van der Waals surface area contributed by atoms with E-state index in [1.165, 1.54) is 0 Å². The average molecular weight is 250 g/mol. The van der Waals surface area contributed by atoms with Crippen molar-refractivity contribution in [1.82, 2.24) is 45.6 Å². The summed E-state index contributed by atoms with van der Waals surface area (Å²) in [4.78, 5) is 10.1. The lowest BCUT2D eigenvalue weighted by Gasteiger charge is -2.03. The van der Waals surface area contributed by atoms with Gasteiger partial charge in [0.1, 0.15) is 0 Å². The molecule has 0 radical (unpaired) electrons. The third-order valence-electron chi connectivity index (χ3n) is 2.12. The van der Waals surface area contributed by atoms with Crippen LogP contribution >= 0.6 is 0 Å². The van der Waals surface area contributed by atoms with Crippen LogP contribution in [0.15, 0.2) is 0 Å². The minimum absolute atomic E-state index is 0.0903. The zero-order chi connectivity index (χ0) is 12.7. The third-order valence-corrected chi connectivity index (χ3v) is 2.12. The maximum absolute atomic E-state index is 11.4. The van der Waals surface area contributed by atoms with Crippen molar-refractivity contribution in [3.63, 3.8) is 0 Å². The van der Waals surface area contributed by atoms with Crippen LogP contribution in [0, 0.1) is 15.3 Å². The Balaban J connectivity index is 2.16. The van der Waals surface area contributed by atoms with Crippen LogP contribution in [0.3, 0.4) is 0 Å². The summed E-state index contributed by atoms with van der Waals surface area (Å²) in [6.45, 7) is -0.0903. The Morgan fingerprint density at radius 1 is 1.39 bits per heavy atom. The SMILES string of the molecule is O=[N+]([O-])c1nn(Cc2nnn[n-]2)c2c1nnn2[O-]. The third kappa shape index (κ3) is 1.34. The lowest BCUT2D eigenvalue weighted by Crippen LogP contribution is -2.07. The van der Waals surface area contributed by atoms with Gasteiger partial charge in [0.15, 0.2) is 0 Å². The molecule has 0 spiro atoms. The first-order valence-corrected chi connectivity index (χ1v) is 4.48. The molecule has 0 atom stereocenters. The van der Waals surface area contributed by atoms with Gasteiger partial charge in [-0.2, -0.15) is 5.21 Å². The predicted octanol–water partition coefficient (Wildman–Crippen LogP) is -1.93. The summed E-state index contributed by atoms with van der Waals surface area (Å²) in [6, 6.07) is 0. The summed E-state index contributed by atoms with van der Waals surface area (Å²) in [7, 11) is 0. The first kappa shape index (κ1) is 10.1. The Kier molecular flexibility index (Phi) is 1.92. The van der Waals surface area contributed by atoms with Gasteiger partial charge in [-0.15, -0.1) is 9.78 Å². The van der Waals surface area contributed by atoms with Crippen molar-refractivity contribution < 1.29 is 4.92 Å². The van der Waals surface area contributed by atoms with E-state index in [1.807, 2.05) is 0 Å². The Bertz CT molecular complexity index is 709. The second-order valence-corrected chi connectivity index (χ2v) is 3.17. The normalized spacial score (nSPS) is 11.1. The summed E-state index contributed by atoms with van der Waals surface area (Å²) < 4.78 is 1.03. The van der Waals surface area contributed by atoms with Crippen molar-refractivity contribution in [2.45, 2.75) is 6.54 Å². The van der Waals surface area contributed by atoms with Crippen LogP contribution in [-0.4, -0.2) is 45.4 Å². The topological polar surface area (TPSA) is 168 Å². The van der Waals surface area contributed by atoms with Crippen molar-refractivity contribution in [2.75, 3.05) is 0 Å². The molecular weight excluding hydrogens is 248 g/mol. The van der Waals surface area contributed by atoms with Crippen molar-refractivity contribution in [3.05, 3.63) is 21.1 Å². The molecule has 0 bridgehead atoms. The van der Waals surface area contributed by atoms with E-state index in [2.05, 4.69) is 36.0 Å². The highest BCUT2D eigenvalue weighted by Crippen LogP contribution is 2.21. The van der Waals surface area contributed by atoms with Gasteiger partial charge in [0.25, 0.3) is 0 Å². The fraction of sp³-hybridized carbons (Fsp3) is 0.200. The van der Waals surface area contributed by atoms with E-state index in [0.29, 0.717) is 0 Å². The van der Waals surface area contributed by atoms with E-state index in [-0.39, 0.29) is 28.4 Å². The number of hydrogen-bond donors (Lipinski definition) is 0. The minimum atomic E-state index is -0.754. The van der Waals surface area contributed by atoms with Gasteiger partial charge in [-0.05, 0) is 4.92 Å². The molecule has 0 amide bonds. The lowest BCUT2D eigenvalue weighted by molar-refractivity contribution is -0.388. The Labute approximate surface area is 96.1 Å². The van der Waals surface area contributed by atoms with E-state index < -0.39 is 10.7 Å². The summed E-state index contributed by atoms with van der Waals surface area (Å²) in [6.07, 6.45) is 0. The van der Waals surface area contributed by atoms with Crippen molar-refractivity contribution in [3.8, 4) is 0 Å². The predicted molar refractivity (Wildman–Crippen MR) is 51.0 cm³/mol. The molecule has 3 aromatic rings. The van der Waals surface area contributed by atoms with Crippen LogP contribution in [0.25, 0.3) is 11.2 Å². The molecule has 0 saturated carbocycles. The molecule has 0 aromatic carbocycles. The molecule has 0 saturated heterocycles. The Morgan fingerprint density at radius 3 is 2.89 bits per heavy atom. The molecule has 0 N–H and O–H groups in total.